The van der Waals surface area contributed by atoms with Crippen molar-refractivity contribution >= 4 is 33.2 Å². The highest BCUT2D eigenvalue weighted by atomic mass is 79.9. The summed E-state index contributed by atoms with van der Waals surface area (Å²) in [6.45, 7) is 0.403. The van der Waals surface area contributed by atoms with Crippen LogP contribution in [0.25, 0.3) is 0 Å². The monoisotopic (exact) mass is 327 g/mol. The Hall–Kier alpha value is -1.39. The van der Waals surface area contributed by atoms with Crippen LogP contribution in [-0.2, 0) is 6.54 Å². The predicted molar refractivity (Wildman–Crippen MR) is 76.3 cm³/mol. The second-order valence-electron chi connectivity index (χ2n) is 3.76. The normalized spacial score (nSPS) is 10.3. The molecule has 0 aliphatic heterocycles. The Morgan fingerprint density at radius 1 is 1.17 bits per heavy atom. The zero-order valence-corrected chi connectivity index (χ0v) is 11.7. The fraction of sp³-hybridized carbons (Fsp3) is 0.0769. The Balaban J connectivity index is 2.14. The minimum Gasteiger partial charge on any atom is -0.504 e. The number of para-hydroxylation sites is 1. The van der Waals surface area contributed by atoms with Crippen LogP contribution in [0, 0.1) is 0 Å². The second-order valence-corrected chi connectivity index (χ2v) is 5.05. The summed E-state index contributed by atoms with van der Waals surface area (Å²) in [4.78, 5) is 0. The van der Waals surface area contributed by atoms with E-state index in [4.69, 9.17) is 11.6 Å². The van der Waals surface area contributed by atoms with Crippen molar-refractivity contribution in [3.8, 4) is 11.5 Å². The predicted octanol–water partition coefficient (Wildman–Crippen LogP) is 4.13. The molecule has 3 N–H and O–H groups in total. The summed E-state index contributed by atoms with van der Waals surface area (Å²) >= 11 is 9.24. The molecule has 0 bridgehead atoms. The Labute approximate surface area is 118 Å². The summed E-state index contributed by atoms with van der Waals surface area (Å²) in [6, 6.07) is 10.3. The van der Waals surface area contributed by atoms with E-state index in [2.05, 4.69) is 21.2 Å². The molecule has 0 saturated heterocycles. The van der Waals surface area contributed by atoms with Gasteiger partial charge in [-0.15, -0.1) is 0 Å². The van der Waals surface area contributed by atoms with Gasteiger partial charge >= 0.3 is 0 Å². The van der Waals surface area contributed by atoms with Gasteiger partial charge in [-0.25, -0.2) is 0 Å². The van der Waals surface area contributed by atoms with Gasteiger partial charge in [-0.2, -0.15) is 0 Å². The maximum Gasteiger partial charge on any atom is 0.162 e. The highest BCUT2D eigenvalue weighted by molar-refractivity contribution is 9.10. The van der Waals surface area contributed by atoms with Gasteiger partial charge in [0.15, 0.2) is 11.5 Å². The van der Waals surface area contributed by atoms with Gasteiger partial charge in [0.2, 0.25) is 0 Å². The molecule has 18 heavy (non-hydrogen) atoms. The number of hydrogen-bond acceptors (Lipinski definition) is 3. The summed E-state index contributed by atoms with van der Waals surface area (Å²) in [5.41, 5.74) is 1.49. The Bertz CT molecular complexity index is 575. The van der Waals surface area contributed by atoms with Crippen molar-refractivity contribution in [1.82, 2.24) is 0 Å². The lowest BCUT2D eigenvalue weighted by Crippen LogP contribution is -2.00. The molecule has 0 aromatic heterocycles. The first-order chi connectivity index (χ1) is 8.58. The van der Waals surface area contributed by atoms with E-state index in [0.717, 1.165) is 10.2 Å². The molecule has 0 fully saturated rings. The number of phenols is 2. The topological polar surface area (TPSA) is 52.5 Å². The number of anilines is 1. The number of aromatic hydroxyl groups is 2. The lowest BCUT2D eigenvalue weighted by molar-refractivity contribution is 0.400. The van der Waals surface area contributed by atoms with E-state index in [-0.39, 0.29) is 11.5 Å². The van der Waals surface area contributed by atoms with Crippen LogP contribution in [0.5, 0.6) is 11.5 Å². The zero-order chi connectivity index (χ0) is 13.1. The van der Waals surface area contributed by atoms with Crippen molar-refractivity contribution in [2.24, 2.45) is 0 Å². The lowest BCUT2D eigenvalue weighted by atomic mass is 10.2. The van der Waals surface area contributed by atoms with E-state index in [1.807, 2.05) is 6.07 Å². The minimum atomic E-state index is -0.121. The third-order valence-electron chi connectivity index (χ3n) is 2.50. The van der Waals surface area contributed by atoms with Gasteiger partial charge in [-0.1, -0.05) is 23.7 Å². The van der Waals surface area contributed by atoms with Crippen LogP contribution in [0.15, 0.2) is 40.9 Å². The van der Waals surface area contributed by atoms with Crippen molar-refractivity contribution in [1.29, 1.82) is 0 Å². The number of halogens is 2. The van der Waals surface area contributed by atoms with Crippen LogP contribution in [0.2, 0.25) is 5.02 Å². The third-order valence-corrected chi connectivity index (χ3v) is 3.39. The van der Waals surface area contributed by atoms with E-state index in [9.17, 15) is 10.2 Å². The number of benzene rings is 2. The SMILES string of the molecule is Oc1cccc(CNc2ccc(Cl)cc2Br)c1O. The molecule has 3 nitrogen and oxygen atoms in total. The standard InChI is InChI=1S/C13H11BrClNO2/c14-10-6-9(15)4-5-11(10)16-7-8-2-1-3-12(17)13(8)18/h1-6,16-18H,7H2. The summed E-state index contributed by atoms with van der Waals surface area (Å²) in [7, 11) is 0. The van der Waals surface area contributed by atoms with Crippen LogP contribution in [0.1, 0.15) is 5.56 Å². The molecule has 0 amide bonds. The molecular weight excluding hydrogens is 318 g/mol. The van der Waals surface area contributed by atoms with E-state index in [0.29, 0.717) is 17.1 Å². The number of hydrogen-bond donors (Lipinski definition) is 3. The molecule has 0 unspecified atom stereocenters. The molecule has 0 atom stereocenters. The van der Waals surface area contributed by atoms with Crippen LogP contribution in [0.3, 0.4) is 0 Å². The molecule has 2 rings (SSSR count). The minimum absolute atomic E-state index is 0.102. The highest BCUT2D eigenvalue weighted by Gasteiger charge is 2.06. The number of rotatable bonds is 3. The van der Waals surface area contributed by atoms with Gasteiger partial charge in [0.05, 0.1) is 0 Å². The van der Waals surface area contributed by atoms with Crippen LogP contribution in [0.4, 0.5) is 5.69 Å². The maximum absolute atomic E-state index is 9.67. The first-order valence-electron chi connectivity index (χ1n) is 5.26. The summed E-state index contributed by atoms with van der Waals surface area (Å²) in [5, 5.41) is 22.8. The number of phenolic OH excluding ortho intramolecular Hbond substituents is 2. The Kier molecular flexibility index (Phi) is 3.99. The third kappa shape index (κ3) is 2.89. The smallest absolute Gasteiger partial charge is 0.162 e. The quantitative estimate of drug-likeness (QED) is 0.743. The average Bonchev–Trinajstić information content (AvgIpc) is 2.33. The van der Waals surface area contributed by atoms with Gasteiger partial charge in [-0.3, -0.25) is 0 Å². The molecule has 94 valence electrons. The van der Waals surface area contributed by atoms with E-state index in [1.165, 1.54) is 6.07 Å². The van der Waals surface area contributed by atoms with E-state index < -0.39 is 0 Å². The molecule has 0 saturated carbocycles. The van der Waals surface area contributed by atoms with Crippen LogP contribution in [-0.4, -0.2) is 10.2 Å². The van der Waals surface area contributed by atoms with Crippen molar-refractivity contribution in [3.63, 3.8) is 0 Å². The second kappa shape index (κ2) is 5.50. The van der Waals surface area contributed by atoms with Gasteiger partial charge in [0.1, 0.15) is 0 Å². The van der Waals surface area contributed by atoms with Gasteiger partial charge < -0.3 is 15.5 Å². The van der Waals surface area contributed by atoms with Crippen LogP contribution < -0.4 is 5.32 Å². The van der Waals surface area contributed by atoms with Gasteiger partial charge in [-0.05, 0) is 40.2 Å². The fourth-order valence-corrected chi connectivity index (χ4v) is 2.37. The molecule has 0 heterocycles. The lowest BCUT2D eigenvalue weighted by Gasteiger charge is -2.10. The summed E-state index contributed by atoms with van der Waals surface area (Å²) in [5.74, 6) is -0.223. The number of nitrogens with one attached hydrogen (secondary N) is 1. The van der Waals surface area contributed by atoms with Crippen molar-refractivity contribution < 1.29 is 10.2 Å². The molecule has 2 aromatic carbocycles. The molecule has 2 aromatic rings. The molecule has 0 aliphatic carbocycles. The maximum atomic E-state index is 9.67. The van der Waals surface area contributed by atoms with Crippen molar-refractivity contribution in [2.45, 2.75) is 6.54 Å². The van der Waals surface area contributed by atoms with Gasteiger partial charge in [0.25, 0.3) is 0 Å². The van der Waals surface area contributed by atoms with Crippen molar-refractivity contribution in [2.75, 3.05) is 5.32 Å². The fourth-order valence-electron chi connectivity index (χ4n) is 1.54. The molecular formula is C13H11BrClNO2. The molecule has 5 heteroatoms. The van der Waals surface area contributed by atoms with E-state index >= 15 is 0 Å². The highest BCUT2D eigenvalue weighted by Crippen LogP contribution is 2.30. The average molecular weight is 329 g/mol. The van der Waals surface area contributed by atoms with Gasteiger partial charge in [0, 0.05) is 27.3 Å². The molecule has 0 spiro atoms. The van der Waals surface area contributed by atoms with Crippen molar-refractivity contribution in [3.05, 3.63) is 51.5 Å². The Morgan fingerprint density at radius 2 is 1.94 bits per heavy atom. The molecule has 0 aliphatic rings. The summed E-state index contributed by atoms with van der Waals surface area (Å²) < 4.78 is 0.842. The van der Waals surface area contributed by atoms with E-state index in [1.54, 1.807) is 24.3 Å². The summed E-state index contributed by atoms with van der Waals surface area (Å²) in [6.07, 6.45) is 0. The Morgan fingerprint density at radius 3 is 2.67 bits per heavy atom. The zero-order valence-electron chi connectivity index (χ0n) is 9.32. The first-order valence-corrected chi connectivity index (χ1v) is 6.44. The molecule has 0 radical (unpaired) electrons. The largest absolute Gasteiger partial charge is 0.504 e. The first kappa shape index (κ1) is 13.1. The van der Waals surface area contributed by atoms with Crippen LogP contribution >= 0.6 is 27.5 Å².